The molecular weight excluding hydrogens is 260 g/mol. The molecule has 2 amide bonds. The van der Waals surface area contributed by atoms with Gasteiger partial charge in [0, 0.05) is 13.8 Å². The molecular formula is C10H20N2O7. The third-order valence-electron chi connectivity index (χ3n) is 2.27. The van der Waals surface area contributed by atoms with Crippen molar-refractivity contribution < 1.29 is 34.8 Å². The number of carbonyl (C=O) groups is 2. The number of aliphatic hydroxyl groups excluding tert-OH is 4. The predicted octanol–water partition coefficient (Wildman–Crippen LogP) is -3.59. The number of primary amides is 1. The average Bonchev–Trinajstić information content (AvgIpc) is 2.28. The van der Waals surface area contributed by atoms with Crippen molar-refractivity contribution in [2.75, 3.05) is 6.61 Å². The first kappa shape index (κ1) is 17.7. The van der Waals surface area contributed by atoms with Crippen LogP contribution in [0.25, 0.3) is 0 Å². The lowest BCUT2D eigenvalue weighted by atomic mass is 9.97. The standard InChI is InChI=1S/C8H15NO6.C2H5NO/c1-3(11)9-5-7(13)6(12)4(2-10)15-8(5)14;1-2(3)4/h4-8,10,12-14H,2H2,1H3,(H,9,11);1H3,(H2,3,4)/t4-,5-,6-,7-,8-;/m1./s1. The molecule has 0 spiro atoms. The Balaban J connectivity index is 0.000000711. The molecule has 1 aliphatic rings. The van der Waals surface area contributed by atoms with E-state index in [2.05, 4.69) is 11.1 Å². The molecule has 5 atom stereocenters. The van der Waals surface area contributed by atoms with E-state index in [1.807, 2.05) is 0 Å². The molecule has 0 aliphatic carbocycles. The molecule has 1 heterocycles. The molecule has 0 saturated carbocycles. The normalized spacial score (nSPS) is 33.9. The van der Waals surface area contributed by atoms with Gasteiger partial charge in [0.25, 0.3) is 0 Å². The molecule has 1 saturated heterocycles. The Kier molecular flexibility index (Phi) is 7.49. The smallest absolute Gasteiger partial charge is 0.217 e. The van der Waals surface area contributed by atoms with E-state index in [1.165, 1.54) is 13.8 Å². The van der Waals surface area contributed by atoms with E-state index >= 15 is 0 Å². The molecule has 0 bridgehead atoms. The van der Waals surface area contributed by atoms with E-state index in [1.54, 1.807) is 0 Å². The highest BCUT2D eigenvalue weighted by Crippen LogP contribution is 2.19. The van der Waals surface area contributed by atoms with Crippen LogP contribution in [0.1, 0.15) is 13.8 Å². The number of nitrogens with one attached hydrogen (secondary N) is 1. The maximum absolute atomic E-state index is 10.7. The number of carbonyl (C=O) groups excluding carboxylic acids is 2. The lowest BCUT2D eigenvalue weighted by Crippen LogP contribution is -2.63. The first-order valence-electron chi connectivity index (χ1n) is 5.54. The van der Waals surface area contributed by atoms with Gasteiger partial charge in [-0.15, -0.1) is 0 Å². The number of nitrogens with two attached hydrogens (primary N) is 1. The third-order valence-corrected chi connectivity index (χ3v) is 2.27. The molecule has 0 aromatic rings. The van der Waals surface area contributed by atoms with Crippen LogP contribution < -0.4 is 11.1 Å². The molecule has 1 aliphatic heterocycles. The summed E-state index contributed by atoms with van der Waals surface area (Å²) in [5.41, 5.74) is 4.47. The fourth-order valence-electron chi connectivity index (χ4n) is 1.49. The summed E-state index contributed by atoms with van der Waals surface area (Å²) in [4.78, 5) is 20.0. The zero-order valence-electron chi connectivity index (χ0n) is 10.7. The lowest BCUT2D eigenvalue weighted by Gasteiger charge is -2.40. The van der Waals surface area contributed by atoms with Crippen molar-refractivity contribution in [3.05, 3.63) is 0 Å². The van der Waals surface area contributed by atoms with Crippen molar-refractivity contribution in [3.63, 3.8) is 0 Å². The highest BCUT2D eigenvalue weighted by molar-refractivity contribution is 5.73. The van der Waals surface area contributed by atoms with Gasteiger partial charge in [0.1, 0.15) is 24.4 Å². The predicted molar refractivity (Wildman–Crippen MR) is 62.5 cm³/mol. The van der Waals surface area contributed by atoms with Crippen LogP contribution in [0, 0.1) is 0 Å². The van der Waals surface area contributed by atoms with Crippen LogP contribution >= 0.6 is 0 Å². The van der Waals surface area contributed by atoms with Gasteiger partial charge >= 0.3 is 0 Å². The monoisotopic (exact) mass is 280 g/mol. The Hall–Kier alpha value is -1.26. The fourth-order valence-corrected chi connectivity index (χ4v) is 1.49. The van der Waals surface area contributed by atoms with Gasteiger partial charge in [-0.25, -0.2) is 0 Å². The van der Waals surface area contributed by atoms with Gasteiger partial charge in [0.2, 0.25) is 11.8 Å². The second-order valence-corrected chi connectivity index (χ2v) is 4.07. The zero-order valence-corrected chi connectivity index (χ0v) is 10.7. The van der Waals surface area contributed by atoms with E-state index in [-0.39, 0.29) is 5.91 Å². The van der Waals surface area contributed by atoms with Crippen molar-refractivity contribution >= 4 is 11.8 Å². The van der Waals surface area contributed by atoms with E-state index in [0.29, 0.717) is 0 Å². The number of hydrogen-bond acceptors (Lipinski definition) is 7. The minimum Gasteiger partial charge on any atom is -0.394 e. The number of amides is 2. The van der Waals surface area contributed by atoms with Gasteiger partial charge in [-0.2, -0.15) is 0 Å². The van der Waals surface area contributed by atoms with Gasteiger partial charge < -0.3 is 36.2 Å². The SMILES string of the molecule is CC(=O)N[C@@H]1[C@@H](O)[C@H](O)[C@@H](CO)O[C@H]1O.CC(N)=O. The fraction of sp³-hybridized carbons (Fsp3) is 0.800. The van der Waals surface area contributed by atoms with Crippen LogP contribution in [0.2, 0.25) is 0 Å². The van der Waals surface area contributed by atoms with E-state index in [0.717, 1.165) is 0 Å². The second kappa shape index (κ2) is 8.02. The summed E-state index contributed by atoms with van der Waals surface area (Å²) >= 11 is 0. The molecule has 112 valence electrons. The Morgan fingerprint density at radius 2 is 1.68 bits per heavy atom. The second-order valence-electron chi connectivity index (χ2n) is 4.07. The Morgan fingerprint density at radius 3 is 2.05 bits per heavy atom. The molecule has 0 radical (unpaired) electrons. The van der Waals surface area contributed by atoms with Crippen LogP contribution in [0.3, 0.4) is 0 Å². The average molecular weight is 280 g/mol. The van der Waals surface area contributed by atoms with E-state index in [9.17, 15) is 24.9 Å². The number of ether oxygens (including phenoxy) is 1. The van der Waals surface area contributed by atoms with Crippen molar-refractivity contribution in [1.29, 1.82) is 0 Å². The summed E-state index contributed by atoms with van der Waals surface area (Å²) in [5, 5.41) is 39.4. The van der Waals surface area contributed by atoms with Crippen molar-refractivity contribution in [2.45, 2.75) is 44.5 Å². The van der Waals surface area contributed by atoms with Crippen molar-refractivity contribution in [1.82, 2.24) is 5.32 Å². The minimum atomic E-state index is -1.45. The minimum absolute atomic E-state index is 0.333. The summed E-state index contributed by atoms with van der Waals surface area (Å²) in [6, 6.07) is -1.10. The molecule has 0 unspecified atom stereocenters. The topological polar surface area (TPSA) is 162 Å². The van der Waals surface area contributed by atoms with Crippen molar-refractivity contribution in [3.8, 4) is 0 Å². The molecule has 7 N–H and O–H groups in total. The molecule has 9 heteroatoms. The van der Waals surface area contributed by atoms with Gasteiger partial charge in [-0.3, -0.25) is 9.59 Å². The first-order valence-corrected chi connectivity index (χ1v) is 5.54. The lowest BCUT2D eigenvalue weighted by molar-refractivity contribution is -0.253. The summed E-state index contributed by atoms with van der Waals surface area (Å²) in [5.74, 6) is -0.795. The summed E-state index contributed by atoms with van der Waals surface area (Å²) in [6.45, 7) is 1.99. The maximum atomic E-state index is 10.7. The van der Waals surface area contributed by atoms with Gasteiger partial charge in [-0.05, 0) is 0 Å². The summed E-state index contributed by atoms with van der Waals surface area (Å²) in [6.07, 6.45) is -5.24. The van der Waals surface area contributed by atoms with Gasteiger partial charge in [-0.1, -0.05) is 0 Å². The van der Waals surface area contributed by atoms with E-state index in [4.69, 9.17) is 9.84 Å². The molecule has 1 rings (SSSR count). The third kappa shape index (κ3) is 5.94. The number of hydrogen-bond donors (Lipinski definition) is 6. The Bertz CT molecular complexity index is 308. The first-order chi connectivity index (χ1) is 8.70. The zero-order chi connectivity index (χ0) is 15.2. The van der Waals surface area contributed by atoms with Crippen LogP contribution in [0.4, 0.5) is 0 Å². The van der Waals surface area contributed by atoms with Crippen LogP contribution in [0.5, 0.6) is 0 Å². The molecule has 0 aromatic heterocycles. The van der Waals surface area contributed by atoms with Crippen LogP contribution in [-0.4, -0.2) is 69.5 Å². The van der Waals surface area contributed by atoms with Gasteiger partial charge in [0.05, 0.1) is 6.61 Å². The highest BCUT2D eigenvalue weighted by Gasteiger charge is 2.43. The largest absolute Gasteiger partial charge is 0.394 e. The molecule has 1 fully saturated rings. The van der Waals surface area contributed by atoms with Crippen LogP contribution in [-0.2, 0) is 14.3 Å². The molecule has 19 heavy (non-hydrogen) atoms. The van der Waals surface area contributed by atoms with Crippen molar-refractivity contribution in [2.24, 2.45) is 5.73 Å². The Morgan fingerprint density at radius 1 is 1.21 bits per heavy atom. The van der Waals surface area contributed by atoms with Crippen LogP contribution in [0.15, 0.2) is 0 Å². The Labute approximate surface area is 110 Å². The number of aliphatic hydroxyl groups is 4. The molecule has 9 nitrogen and oxygen atoms in total. The van der Waals surface area contributed by atoms with E-state index < -0.39 is 43.2 Å². The number of rotatable bonds is 2. The quantitative estimate of drug-likeness (QED) is 0.304. The van der Waals surface area contributed by atoms with Gasteiger partial charge in [0.15, 0.2) is 6.29 Å². The summed E-state index contributed by atoms with van der Waals surface area (Å²) < 4.78 is 4.81. The summed E-state index contributed by atoms with van der Waals surface area (Å²) in [7, 11) is 0. The molecule has 0 aromatic carbocycles. The highest BCUT2D eigenvalue weighted by atomic mass is 16.6. The maximum Gasteiger partial charge on any atom is 0.217 e.